The molecule has 5 nitrogen and oxygen atoms in total. The molecule has 5 heteroatoms. The van der Waals surface area contributed by atoms with E-state index in [1.165, 1.54) is 0 Å². The molecule has 1 N–H and O–H groups in total. The van der Waals surface area contributed by atoms with Crippen molar-refractivity contribution in [2.24, 2.45) is 0 Å². The van der Waals surface area contributed by atoms with Gasteiger partial charge >= 0.3 is 5.97 Å². The van der Waals surface area contributed by atoms with E-state index >= 15 is 0 Å². The van der Waals surface area contributed by atoms with Gasteiger partial charge in [0.25, 0.3) is 0 Å². The molecule has 21 heavy (non-hydrogen) atoms. The van der Waals surface area contributed by atoms with E-state index in [9.17, 15) is 4.79 Å². The second-order valence-corrected chi connectivity index (χ2v) is 6.28. The van der Waals surface area contributed by atoms with Gasteiger partial charge < -0.3 is 14.2 Å². The third-order valence-corrected chi connectivity index (χ3v) is 4.12. The number of carbonyl (C=O) groups is 1. The molecule has 1 aliphatic carbocycles. The van der Waals surface area contributed by atoms with Crippen molar-refractivity contribution >= 4 is 5.97 Å². The van der Waals surface area contributed by atoms with Crippen molar-refractivity contribution in [3.8, 4) is 0 Å². The fourth-order valence-corrected chi connectivity index (χ4v) is 2.72. The molecule has 2 atom stereocenters. The lowest BCUT2D eigenvalue weighted by atomic mass is 9.95. The molecule has 1 aliphatic heterocycles. The summed E-state index contributed by atoms with van der Waals surface area (Å²) in [6.45, 7) is 6.42. The Morgan fingerprint density at radius 2 is 2.19 bits per heavy atom. The molecule has 1 saturated carbocycles. The second-order valence-electron chi connectivity index (χ2n) is 6.28. The molecule has 2 unspecified atom stereocenters. The number of ether oxygens (including phenoxy) is 3. The van der Waals surface area contributed by atoms with E-state index in [1.54, 1.807) is 0 Å². The normalized spacial score (nSPS) is 24.8. The maximum absolute atomic E-state index is 12.2. The molecule has 0 bridgehead atoms. The van der Waals surface area contributed by atoms with Crippen LogP contribution in [-0.2, 0) is 19.0 Å². The number of carbonyl (C=O) groups excluding carboxylic acids is 1. The lowest BCUT2D eigenvalue weighted by Crippen LogP contribution is -2.51. The summed E-state index contributed by atoms with van der Waals surface area (Å²) in [5.74, 6) is -0.143. The van der Waals surface area contributed by atoms with Crippen LogP contribution in [-0.4, -0.2) is 50.1 Å². The van der Waals surface area contributed by atoms with Crippen LogP contribution in [0.4, 0.5) is 0 Å². The molecule has 0 aromatic rings. The van der Waals surface area contributed by atoms with Crippen LogP contribution in [0.25, 0.3) is 0 Å². The van der Waals surface area contributed by atoms with Crippen molar-refractivity contribution in [3.63, 3.8) is 0 Å². The van der Waals surface area contributed by atoms with E-state index < -0.39 is 5.54 Å². The Bertz CT molecular complexity index is 326. The van der Waals surface area contributed by atoms with Gasteiger partial charge in [-0.2, -0.15) is 0 Å². The number of hydrogen-bond acceptors (Lipinski definition) is 5. The topological polar surface area (TPSA) is 56.8 Å². The Morgan fingerprint density at radius 1 is 1.38 bits per heavy atom. The predicted molar refractivity (Wildman–Crippen MR) is 80.2 cm³/mol. The zero-order valence-corrected chi connectivity index (χ0v) is 13.4. The standard InChI is InChI=1S/C16H29NO4/c1-3-20-15(18)16(2,17-13-7-8-13)9-5-10-19-12-14-6-4-11-21-14/h13-14,17H,3-12H2,1-2H3. The highest BCUT2D eigenvalue weighted by Crippen LogP contribution is 2.25. The fourth-order valence-electron chi connectivity index (χ4n) is 2.72. The van der Waals surface area contributed by atoms with Crippen LogP contribution in [0, 0.1) is 0 Å². The van der Waals surface area contributed by atoms with Crippen molar-refractivity contribution in [3.05, 3.63) is 0 Å². The maximum atomic E-state index is 12.2. The van der Waals surface area contributed by atoms with Crippen molar-refractivity contribution in [1.29, 1.82) is 0 Å². The highest BCUT2D eigenvalue weighted by atomic mass is 16.5. The molecule has 0 spiro atoms. The highest BCUT2D eigenvalue weighted by Gasteiger charge is 2.39. The lowest BCUT2D eigenvalue weighted by molar-refractivity contribution is -0.151. The van der Waals surface area contributed by atoms with Crippen LogP contribution in [0.15, 0.2) is 0 Å². The fraction of sp³-hybridized carbons (Fsp3) is 0.938. The van der Waals surface area contributed by atoms with Crippen LogP contribution < -0.4 is 5.32 Å². The van der Waals surface area contributed by atoms with E-state index in [1.807, 2.05) is 13.8 Å². The van der Waals surface area contributed by atoms with Crippen LogP contribution in [0.3, 0.4) is 0 Å². The maximum Gasteiger partial charge on any atom is 0.326 e. The molecular weight excluding hydrogens is 270 g/mol. The summed E-state index contributed by atoms with van der Waals surface area (Å²) in [6, 6.07) is 0.479. The molecule has 0 aromatic heterocycles. The Hall–Kier alpha value is -0.650. The smallest absolute Gasteiger partial charge is 0.326 e. The minimum absolute atomic E-state index is 0.143. The van der Waals surface area contributed by atoms with Crippen LogP contribution in [0.2, 0.25) is 0 Å². The monoisotopic (exact) mass is 299 g/mol. The summed E-state index contributed by atoms with van der Waals surface area (Å²) < 4.78 is 16.4. The summed E-state index contributed by atoms with van der Waals surface area (Å²) in [7, 11) is 0. The molecule has 0 amide bonds. The first-order valence-corrected chi connectivity index (χ1v) is 8.28. The number of rotatable bonds is 10. The molecule has 122 valence electrons. The first-order valence-electron chi connectivity index (χ1n) is 8.28. The Morgan fingerprint density at radius 3 is 2.81 bits per heavy atom. The van der Waals surface area contributed by atoms with E-state index in [0.717, 1.165) is 45.1 Å². The van der Waals surface area contributed by atoms with Crippen molar-refractivity contribution < 1.29 is 19.0 Å². The van der Waals surface area contributed by atoms with Gasteiger partial charge in [-0.3, -0.25) is 10.1 Å². The van der Waals surface area contributed by atoms with E-state index in [-0.39, 0.29) is 12.1 Å². The zero-order valence-electron chi connectivity index (χ0n) is 13.4. The predicted octanol–water partition coefficient (Wildman–Crippen LogP) is 2.04. The summed E-state index contributed by atoms with van der Waals surface area (Å²) in [5.41, 5.74) is -0.579. The van der Waals surface area contributed by atoms with Gasteiger partial charge in [0.05, 0.1) is 19.3 Å². The first-order chi connectivity index (χ1) is 10.1. The van der Waals surface area contributed by atoms with Gasteiger partial charge in [0.2, 0.25) is 0 Å². The van der Waals surface area contributed by atoms with Gasteiger partial charge in [0.15, 0.2) is 0 Å². The van der Waals surface area contributed by atoms with Crippen LogP contribution >= 0.6 is 0 Å². The van der Waals surface area contributed by atoms with Gasteiger partial charge in [0.1, 0.15) is 5.54 Å². The SMILES string of the molecule is CCOC(=O)C(C)(CCCOCC1CCCO1)NC1CC1. The third-order valence-electron chi connectivity index (χ3n) is 4.12. The summed E-state index contributed by atoms with van der Waals surface area (Å²) in [5, 5.41) is 3.43. The number of esters is 1. The molecule has 1 heterocycles. The largest absolute Gasteiger partial charge is 0.465 e. The average molecular weight is 299 g/mol. The minimum atomic E-state index is -0.579. The van der Waals surface area contributed by atoms with E-state index in [4.69, 9.17) is 14.2 Å². The average Bonchev–Trinajstić information content (AvgIpc) is 3.11. The molecular formula is C16H29NO4. The Kier molecular flexibility index (Phi) is 6.45. The summed E-state index contributed by atoms with van der Waals surface area (Å²) in [6.07, 6.45) is 6.42. The zero-order chi connectivity index (χ0) is 15.1. The van der Waals surface area contributed by atoms with E-state index in [0.29, 0.717) is 25.9 Å². The molecule has 1 saturated heterocycles. The van der Waals surface area contributed by atoms with Crippen LogP contribution in [0.5, 0.6) is 0 Å². The third kappa shape index (κ3) is 5.57. The first kappa shape index (κ1) is 16.7. The van der Waals surface area contributed by atoms with Gasteiger partial charge in [-0.1, -0.05) is 0 Å². The summed E-state index contributed by atoms with van der Waals surface area (Å²) >= 11 is 0. The van der Waals surface area contributed by atoms with Gasteiger partial charge in [-0.15, -0.1) is 0 Å². The van der Waals surface area contributed by atoms with Gasteiger partial charge in [0, 0.05) is 19.3 Å². The van der Waals surface area contributed by atoms with Crippen molar-refractivity contribution in [2.45, 2.75) is 70.1 Å². The Labute approximate surface area is 127 Å². The molecule has 2 fully saturated rings. The lowest BCUT2D eigenvalue weighted by Gasteiger charge is -2.28. The van der Waals surface area contributed by atoms with Crippen molar-refractivity contribution in [2.75, 3.05) is 26.4 Å². The Balaban J connectivity index is 1.66. The minimum Gasteiger partial charge on any atom is -0.465 e. The summed E-state index contributed by atoms with van der Waals surface area (Å²) in [4.78, 5) is 12.2. The highest BCUT2D eigenvalue weighted by molar-refractivity contribution is 5.80. The molecule has 2 rings (SSSR count). The number of hydrogen-bond donors (Lipinski definition) is 1. The molecule has 0 aromatic carbocycles. The second kappa shape index (κ2) is 8.11. The van der Waals surface area contributed by atoms with Gasteiger partial charge in [-0.05, 0) is 52.4 Å². The van der Waals surface area contributed by atoms with Crippen LogP contribution in [0.1, 0.15) is 52.4 Å². The van der Waals surface area contributed by atoms with Gasteiger partial charge in [-0.25, -0.2) is 0 Å². The van der Waals surface area contributed by atoms with E-state index in [2.05, 4.69) is 5.32 Å². The number of nitrogens with one attached hydrogen (secondary N) is 1. The van der Waals surface area contributed by atoms with Crippen molar-refractivity contribution in [1.82, 2.24) is 5.32 Å². The molecule has 2 aliphatic rings. The quantitative estimate of drug-likeness (QED) is 0.494. The molecule has 0 radical (unpaired) electrons.